The molecule has 0 saturated carbocycles. The van der Waals surface area contributed by atoms with Crippen LogP contribution in [0.25, 0.3) is 0 Å². The van der Waals surface area contributed by atoms with Gasteiger partial charge in [0.05, 0.1) is 19.3 Å². The van der Waals surface area contributed by atoms with Crippen molar-refractivity contribution < 1.29 is 9.84 Å². The van der Waals surface area contributed by atoms with Gasteiger partial charge in [-0.3, -0.25) is 4.90 Å². The summed E-state index contributed by atoms with van der Waals surface area (Å²) in [4.78, 5) is 2.42. The standard InChI is InChI=1S/C21H28N2O2/c1-16(19-8-4-6-10-21(19)25-2)22-20-9-5-3-7-17(20)15-23-13-11-18(24)12-14-23/h3-10,16,18,22,24H,11-15H2,1-2H3/t16-/m1/s1. The third-order valence-corrected chi connectivity index (χ3v) is 4.95. The summed E-state index contributed by atoms with van der Waals surface area (Å²) < 4.78 is 5.49. The van der Waals surface area contributed by atoms with Gasteiger partial charge < -0.3 is 15.2 Å². The van der Waals surface area contributed by atoms with E-state index in [0.29, 0.717) is 0 Å². The van der Waals surface area contributed by atoms with Crippen molar-refractivity contribution in [3.8, 4) is 5.75 Å². The Morgan fingerprint density at radius 1 is 1.12 bits per heavy atom. The van der Waals surface area contributed by atoms with Gasteiger partial charge in [0.15, 0.2) is 0 Å². The quantitative estimate of drug-likeness (QED) is 0.839. The van der Waals surface area contributed by atoms with E-state index in [9.17, 15) is 5.11 Å². The van der Waals surface area contributed by atoms with Crippen LogP contribution in [-0.2, 0) is 6.54 Å². The Morgan fingerprint density at radius 2 is 1.80 bits per heavy atom. The molecule has 1 aliphatic rings. The highest BCUT2D eigenvalue weighted by Crippen LogP contribution is 2.29. The zero-order chi connectivity index (χ0) is 17.6. The third kappa shape index (κ3) is 4.53. The second-order valence-corrected chi connectivity index (χ2v) is 6.77. The highest BCUT2D eigenvalue weighted by atomic mass is 16.5. The van der Waals surface area contributed by atoms with Crippen LogP contribution in [0.15, 0.2) is 48.5 Å². The highest BCUT2D eigenvalue weighted by Gasteiger charge is 2.18. The summed E-state index contributed by atoms with van der Waals surface area (Å²) in [6, 6.07) is 16.8. The number of nitrogens with zero attached hydrogens (tertiary/aromatic N) is 1. The number of aliphatic hydroxyl groups is 1. The summed E-state index contributed by atoms with van der Waals surface area (Å²) in [7, 11) is 1.71. The molecule has 1 heterocycles. The minimum atomic E-state index is -0.129. The van der Waals surface area contributed by atoms with Gasteiger partial charge in [0.1, 0.15) is 5.75 Å². The van der Waals surface area contributed by atoms with Crippen LogP contribution in [0, 0.1) is 0 Å². The molecule has 3 rings (SSSR count). The molecule has 0 spiro atoms. The van der Waals surface area contributed by atoms with Crippen molar-refractivity contribution in [2.24, 2.45) is 0 Å². The average molecular weight is 340 g/mol. The molecule has 0 amide bonds. The van der Waals surface area contributed by atoms with Gasteiger partial charge in [-0.1, -0.05) is 36.4 Å². The SMILES string of the molecule is COc1ccccc1[C@@H](C)Nc1ccccc1CN1CCC(O)CC1. The van der Waals surface area contributed by atoms with Crippen molar-refractivity contribution in [3.05, 3.63) is 59.7 Å². The molecular weight excluding hydrogens is 312 g/mol. The van der Waals surface area contributed by atoms with E-state index in [0.717, 1.165) is 49.5 Å². The van der Waals surface area contributed by atoms with Gasteiger partial charge in [-0.25, -0.2) is 0 Å². The Bertz CT molecular complexity index is 681. The van der Waals surface area contributed by atoms with Gasteiger partial charge in [-0.2, -0.15) is 0 Å². The number of piperidine rings is 1. The highest BCUT2D eigenvalue weighted by molar-refractivity contribution is 5.53. The van der Waals surface area contributed by atoms with Crippen LogP contribution in [0.1, 0.15) is 36.9 Å². The largest absolute Gasteiger partial charge is 0.496 e. The minimum absolute atomic E-state index is 0.129. The van der Waals surface area contributed by atoms with Crippen molar-refractivity contribution in [2.75, 3.05) is 25.5 Å². The molecule has 4 heteroatoms. The number of nitrogens with one attached hydrogen (secondary N) is 1. The van der Waals surface area contributed by atoms with Gasteiger partial charge >= 0.3 is 0 Å². The van der Waals surface area contributed by atoms with Crippen molar-refractivity contribution in [3.63, 3.8) is 0 Å². The van der Waals surface area contributed by atoms with E-state index in [1.807, 2.05) is 18.2 Å². The van der Waals surface area contributed by atoms with Gasteiger partial charge in [-0.15, -0.1) is 0 Å². The molecule has 1 fully saturated rings. The molecule has 134 valence electrons. The van der Waals surface area contributed by atoms with Gasteiger partial charge in [0, 0.05) is 30.9 Å². The number of rotatable bonds is 6. The first-order valence-corrected chi connectivity index (χ1v) is 9.05. The summed E-state index contributed by atoms with van der Waals surface area (Å²) in [5.74, 6) is 0.907. The molecule has 0 radical (unpaired) electrons. The molecule has 4 nitrogen and oxygen atoms in total. The normalized spacial score (nSPS) is 17.2. The first-order chi connectivity index (χ1) is 12.2. The Hall–Kier alpha value is -2.04. The van der Waals surface area contributed by atoms with E-state index in [-0.39, 0.29) is 12.1 Å². The number of benzene rings is 2. The molecule has 2 aromatic carbocycles. The number of anilines is 1. The first kappa shape index (κ1) is 17.8. The van der Waals surface area contributed by atoms with Crippen LogP contribution in [-0.4, -0.2) is 36.3 Å². The molecule has 1 aliphatic heterocycles. The van der Waals surface area contributed by atoms with Crippen molar-refractivity contribution in [1.82, 2.24) is 4.90 Å². The maximum Gasteiger partial charge on any atom is 0.124 e. The Balaban J connectivity index is 1.72. The van der Waals surface area contributed by atoms with E-state index >= 15 is 0 Å². The fraction of sp³-hybridized carbons (Fsp3) is 0.429. The number of hydrogen-bond donors (Lipinski definition) is 2. The van der Waals surface area contributed by atoms with Crippen LogP contribution < -0.4 is 10.1 Å². The summed E-state index contributed by atoms with van der Waals surface area (Å²) in [6.45, 7) is 4.98. The summed E-state index contributed by atoms with van der Waals surface area (Å²) >= 11 is 0. The predicted molar refractivity (Wildman–Crippen MR) is 102 cm³/mol. The number of ether oxygens (including phenoxy) is 1. The van der Waals surface area contributed by atoms with Crippen LogP contribution >= 0.6 is 0 Å². The summed E-state index contributed by atoms with van der Waals surface area (Å²) in [6.07, 6.45) is 1.61. The van der Waals surface area contributed by atoms with E-state index in [2.05, 4.69) is 47.5 Å². The molecule has 1 atom stereocenters. The molecule has 0 bridgehead atoms. The third-order valence-electron chi connectivity index (χ3n) is 4.95. The van der Waals surface area contributed by atoms with Crippen molar-refractivity contribution >= 4 is 5.69 Å². The number of aliphatic hydroxyl groups excluding tert-OH is 1. The number of para-hydroxylation sites is 2. The zero-order valence-corrected chi connectivity index (χ0v) is 15.1. The number of likely N-dealkylation sites (tertiary alicyclic amines) is 1. The minimum Gasteiger partial charge on any atom is -0.496 e. The monoisotopic (exact) mass is 340 g/mol. The zero-order valence-electron chi connectivity index (χ0n) is 15.1. The lowest BCUT2D eigenvalue weighted by Gasteiger charge is -2.30. The maximum absolute atomic E-state index is 9.69. The predicted octanol–water partition coefficient (Wildman–Crippen LogP) is 3.83. The lowest BCUT2D eigenvalue weighted by Crippen LogP contribution is -2.35. The lowest BCUT2D eigenvalue weighted by atomic mass is 10.0. The van der Waals surface area contributed by atoms with Crippen molar-refractivity contribution in [1.29, 1.82) is 0 Å². The average Bonchev–Trinajstić information content (AvgIpc) is 2.65. The van der Waals surface area contributed by atoms with Crippen LogP contribution in [0.3, 0.4) is 0 Å². The van der Waals surface area contributed by atoms with Gasteiger partial charge in [0.25, 0.3) is 0 Å². The molecule has 0 unspecified atom stereocenters. The number of methoxy groups -OCH3 is 1. The van der Waals surface area contributed by atoms with Gasteiger partial charge in [-0.05, 0) is 37.5 Å². The van der Waals surface area contributed by atoms with E-state index in [1.165, 1.54) is 5.56 Å². The molecular formula is C21H28N2O2. The molecule has 0 aliphatic carbocycles. The Labute approximate surface area is 150 Å². The Kier molecular flexibility index (Phi) is 5.95. The van der Waals surface area contributed by atoms with Crippen molar-refractivity contribution in [2.45, 2.75) is 38.5 Å². The number of hydrogen-bond acceptors (Lipinski definition) is 4. The smallest absolute Gasteiger partial charge is 0.124 e. The fourth-order valence-electron chi connectivity index (χ4n) is 3.45. The van der Waals surface area contributed by atoms with Crippen LogP contribution in [0.4, 0.5) is 5.69 Å². The van der Waals surface area contributed by atoms with E-state index < -0.39 is 0 Å². The molecule has 2 N–H and O–H groups in total. The summed E-state index contributed by atoms with van der Waals surface area (Å²) in [5, 5.41) is 13.3. The van der Waals surface area contributed by atoms with Gasteiger partial charge in [0.2, 0.25) is 0 Å². The maximum atomic E-state index is 9.69. The van der Waals surface area contributed by atoms with Crippen LogP contribution in [0.2, 0.25) is 0 Å². The lowest BCUT2D eigenvalue weighted by molar-refractivity contribution is 0.0793. The second kappa shape index (κ2) is 8.37. The van der Waals surface area contributed by atoms with E-state index in [4.69, 9.17) is 4.74 Å². The Morgan fingerprint density at radius 3 is 2.56 bits per heavy atom. The summed E-state index contributed by atoms with van der Waals surface area (Å²) in [5.41, 5.74) is 3.61. The molecule has 0 aromatic heterocycles. The van der Waals surface area contributed by atoms with Crippen LogP contribution in [0.5, 0.6) is 5.75 Å². The molecule has 1 saturated heterocycles. The first-order valence-electron chi connectivity index (χ1n) is 9.05. The second-order valence-electron chi connectivity index (χ2n) is 6.77. The topological polar surface area (TPSA) is 44.7 Å². The van der Waals surface area contributed by atoms with E-state index in [1.54, 1.807) is 7.11 Å². The molecule has 25 heavy (non-hydrogen) atoms. The fourth-order valence-corrected chi connectivity index (χ4v) is 3.45. The molecule has 2 aromatic rings.